The van der Waals surface area contributed by atoms with E-state index in [0.717, 1.165) is 37.8 Å². The zero-order valence-electron chi connectivity index (χ0n) is 18.2. The number of esters is 1. The molecule has 0 bridgehead atoms. The first kappa shape index (κ1) is 20.4. The summed E-state index contributed by atoms with van der Waals surface area (Å²) in [6.07, 6.45) is 9.68. The van der Waals surface area contributed by atoms with Crippen LogP contribution in [0.5, 0.6) is 0 Å². The molecule has 0 radical (unpaired) electrons. The average molecular weight is 400 g/mol. The van der Waals surface area contributed by atoms with E-state index < -0.39 is 5.60 Å². The van der Waals surface area contributed by atoms with Gasteiger partial charge in [-0.1, -0.05) is 30.7 Å². The summed E-state index contributed by atoms with van der Waals surface area (Å²) in [5.41, 5.74) is 2.06. The molecule has 0 saturated heterocycles. The summed E-state index contributed by atoms with van der Waals surface area (Å²) < 4.78 is 5.84. The minimum Gasteiger partial charge on any atom is -0.451 e. The van der Waals surface area contributed by atoms with Crippen molar-refractivity contribution in [3.8, 4) is 0 Å². The molecule has 0 aromatic rings. The van der Waals surface area contributed by atoms with Crippen LogP contribution in [0.4, 0.5) is 0 Å². The number of allylic oxidation sites excluding steroid dienone is 4. The fourth-order valence-corrected chi connectivity index (χ4v) is 7.57. The van der Waals surface area contributed by atoms with E-state index in [1.807, 2.05) is 0 Å². The monoisotopic (exact) mass is 399 g/mol. The summed E-state index contributed by atoms with van der Waals surface area (Å²) in [4.78, 5) is 24.7. The number of ether oxygens (including phenoxy) is 1. The minimum absolute atomic E-state index is 0.0130. The number of ketones is 1. The lowest BCUT2D eigenvalue weighted by molar-refractivity contribution is -0.185. The van der Waals surface area contributed by atoms with E-state index in [1.54, 1.807) is 6.92 Å². The first-order chi connectivity index (χ1) is 13.6. The summed E-state index contributed by atoms with van der Waals surface area (Å²) in [5, 5.41) is 12.7. The summed E-state index contributed by atoms with van der Waals surface area (Å²) >= 11 is 0. The van der Waals surface area contributed by atoms with Gasteiger partial charge >= 0.3 is 5.97 Å². The van der Waals surface area contributed by atoms with Crippen LogP contribution in [-0.4, -0.2) is 28.3 Å². The molecule has 4 aliphatic rings. The summed E-state index contributed by atoms with van der Waals surface area (Å²) in [7, 11) is 0. The van der Waals surface area contributed by atoms with Gasteiger partial charge in [-0.2, -0.15) is 0 Å². The summed E-state index contributed by atoms with van der Waals surface area (Å²) in [5.74, 6) is 0.822. The predicted molar refractivity (Wildman–Crippen MR) is 111 cm³/mol. The molecule has 6 atom stereocenters. The van der Waals surface area contributed by atoms with Crippen LogP contribution in [0.2, 0.25) is 0 Å². The molecule has 0 unspecified atom stereocenters. The van der Waals surface area contributed by atoms with Gasteiger partial charge in [0.1, 0.15) is 0 Å². The second-order valence-corrected chi connectivity index (χ2v) is 10.2. The zero-order chi connectivity index (χ0) is 21.2. The second kappa shape index (κ2) is 6.55. The molecule has 0 spiro atoms. The number of hydrogen-bond acceptors (Lipinski definition) is 5. The van der Waals surface area contributed by atoms with Crippen LogP contribution in [0.1, 0.15) is 73.1 Å². The second-order valence-electron chi connectivity index (χ2n) is 10.2. The zero-order valence-corrected chi connectivity index (χ0v) is 18.2. The molecule has 0 aromatic heterocycles. The van der Waals surface area contributed by atoms with Crippen LogP contribution in [0.15, 0.2) is 28.5 Å². The Bertz CT molecular complexity index is 855. The molecule has 29 heavy (non-hydrogen) atoms. The fraction of sp³-hybridized carbons (Fsp3) is 0.708. The highest BCUT2D eigenvalue weighted by atomic mass is 16.6. The van der Waals surface area contributed by atoms with E-state index in [0.29, 0.717) is 24.2 Å². The van der Waals surface area contributed by atoms with Crippen LogP contribution in [0, 0.1) is 28.6 Å². The molecule has 5 nitrogen and oxygen atoms in total. The van der Waals surface area contributed by atoms with Crippen molar-refractivity contribution in [2.24, 2.45) is 33.7 Å². The van der Waals surface area contributed by atoms with E-state index in [9.17, 15) is 14.8 Å². The molecule has 0 amide bonds. The van der Waals surface area contributed by atoms with Gasteiger partial charge in [-0.3, -0.25) is 9.59 Å². The number of oxime groups is 1. The third kappa shape index (κ3) is 2.62. The number of fused-ring (bicyclic) bond motifs is 5. The Morgan fingerprint density at radius 1 is 1.14 bits per heavy atom. The van der Waals surface area contributed by atoms with Crippen LogP contribution in [0.25, 0.3) is 0 Å². The molecule has 0 heterocycles. The van der Waals surface area contributed by atoms with Crippen molar-refractivity contribution >= 4 is 17.5 Å². The SMILES string of the molecule is CC(=O)O[C@]1(C(C)=O)CC[C@H]2[C@@H]3C=C(C)C4=C/C(=N\O)CC[C@]4(C)[C@H]3CC[C@@]21C. The van der Waals surface area contributed by atoms with Crippen molar-refractivity contribution in [2.45, 2.75) is 78.7 Å². The van der Waals surface area contributed by atoms with Gasteiger partial charge in [0, 0.05) is 12.3 Å². The first-order valence-corrected chi connectivity index (χ1v) is 10.9. The maximum atomic E-state index is 12.8. The quantitative estimate of drug-likeness (QED) is 0.410. The lowest BCUT2D eigenvalue weighted by Gasteiger charge is -2.58. The molecular formula is C24H33NO4. The molecule has 0 aliphatic heterocycles. The Morgan fingerprint density at radius 3 is 2.45 bits per heavy atom. The van der Waals surface area contributed by atoms with Gasteiger partial charge in [0.05, 0.1) is 5.71 Å². The highest BCUT2D eigenvalue weighted by Gasteiger charge is 2.67. The van der Waals surface area contributed by atoms with Crippen LogP contribution in [0.3, 0.4) is 0 Å². The van der Waals surface area contributed by atoms with Gasteiger partial charge in [-0.15, -0.1) is 0 Å². The third-order valence-corrected chi connectivity index (χ3v) is 8.98. The van der Waals surface area contributed by atoms with Crippen LogP contribution < -0.4 is 0 Å². The average Bonchev–Trinajstić information content (AvgIpc) is 2.95. The van der Waals surface area contributed by atoms with E-state index in [1.165, 1.54) is 18.1 Å². The highest BCUT2D eigenvalue weighted by Crippen LogP contribution is 2.67. The van der Waals surface area contributed by atoms with Gasteiger partial charge in [0.15, 0.2) is 11.4 Å². The van der Waals surface area contributed by atoms with Gasteiger partial charge < -0.3 is 9.94 Å². The molecule has 4 aliphatic carbocycles. The number of Topliss-reactive ketones (excluding diaryl/α,β-unsaturated/α-hetero) is 1. The van der Waals surface area contributed by atoms with Crippen LogP contribution in [-0.2, 0) is 14.3 Å². The molecular weight excluding hydrogens is 366 g/mol. The molecule has 4 rings (SSSR count). The minimum atomic E-state index is -0.990. The number of rotatable bonds is 2. The Morgan fingerprint density at radius 2 is 1.83 bits per heavy atom. The molecule has 5 heteroatoms. The number of carbonyl (C=O) groups is 2. The Hall–Kier alpha value is -1.91. The smallest absolute Gasteiger partial charge is 0.303 e. The fourth-order valence-electron chi connectivity index (χ4n) is 7.57. The Balaban J connectivity index is 1.78. The number of nitrogens with zero attached hydrogens (tertiary/aromatic N) is 1. The molecule has 2 fully saturated rings. The highest BCUT2D eigenvalue weighted by molar-refractivity contribution is 5.97. The molecule has 158 valence electrons. The predicted octanol–water partition coefficient (Wildman–Crippen LogP) is 4.84. The Labute approximate surface area is 173 Å². The van der Waals surface area contributed by atoms with E-state index in [2.05, 4.69) is 38.1 Å². The van der Waals surface area contributed by atoms with Crippen LogP contribution >= 0.6 is 0 Å². The lowest BCUT2D eigenvalue weighted by Crippen LogP contribution is -2.58. The number of hydrogen-bond donors (Lipinski definition) is 1. The lowest BCUT2D eigenvalue weighted by atomic mass is 9.47. The topological polar surface area (TPSA) is 76.0 Å². The van der Waals surface area contributed by atoms with Gasteiger partial charge in [0.2, 0.25) is 0 Å². The van der Waals surface area contributed by atoms with Gasteiger partial charge in [-0.25, -0.2) is 0 Å². The Kier molecular flexibility index (Phi) is 4.60. The van der Waals surface area contributed by atoms with Gasteiger partial charge in [-0.05, 0) is 87.2 Å². The number of carbonyl (C=O) groups excluding carboxylic acids is 2. The maximum Gasteiger partial charge on any atom is 0.303 e. The maximum absolute atomic E-state index is 12.8. The summed E-state index contributed by atoms with van der Waals surface area (Å²) in [6, 6.07) is 0. The first-order valence-electron chi connectivity index (χ1n) is 10.9. The standard InChI is InChI=1S/C24H33NO4/c1-14-12-18-19(22(4)9-6-17(25-28)13-21(14)22)7-10-23(5)20(18)8-11-24(23,15(2)26)29-16(3)27/h12-13,18-20,28H,6-11H2,1-5H3/b25-17-/t18-,19+,20+,22-,23+,24+/m1/s1. The molecule has 2 saturated carbocycles. The molecule has 0 aromatic carbocycles. The van der Waals surface area contributed by atoms with Crippen molar-refractivity contribution in [3.63, 3.8) is 0 Å². The van der Waals surface area contributed by atoms with E-state index in [4.69, 9.17) is 4.74 Å². The van der Waals surface area contributed by atoms with Crippen molar-refractivity contribution in [2.75, 3.05) is 0 Å². The van der Waals surface area contributed by atoms with Gasteiger partial charge in [0.25, 0.3) is 0 Å². The van der Waals surface area contributed by atoms with Crippen molar-refractivity contribution in [1.29, 1.82) is 0 Å². The third-order valence-electron chi connectivity index (χ3n) is 8.98. The van der Waals surface area contributed by atoms with E-state index in [-0.39, 0.29) is 22.6 Å². The largest absolute Gasteiger partial charge is 0.451 e. The molecule has 1 N–H and O–H groups in total. The van der Waals surface area contributed by atoms with Crippen molar-refractivity contribution in [1.82, 2.24) is 0 Å². The van der Waals surface area contributed by atoms with E-state index >= 15 is 0 Å². The normalized spacial score (nSPS) is 44.9. The summed E-state index contributed by atoms with van der Waals surface area (Å²) in [6.45, 7) is 9.70. The van der Waals surface area contributed by atoms with Crippen molar-refractivity contribution in [3.05, 3.63) is 23.3 Å². The van der Waals surface area contributed by atoms with Crippen molar-refractivity contribution < 1.29 is 19.5 Å².